The molecule has 3 aromatic rings. The molecule has 0 fully saturated rings. The number of phenolic OH excluding ortho intramolecular Hbond substituents is 1. The van der Waals surface area contributed by atoms with Gasteiger partial charge in [0.15, 0.2) is 0 Å². The summed E-state index contributed by atoms with van der Waals surface area (Å²) in [5.41, 5.74) is 2.09. The minimum Gasteiger partial charge on any atom is -0.507 e. The molecule has 0 aliphatic heterocycles. The Morgan fingerprint density at radius 2 is 2.00 bits per heavy atom. The van der Waals surface area contributed by atoms with E-state index in [2.05, 4.69) is 4.98 Å². The molecule has 3 rings (SSSR count). The standard InChI is InChI=1S/C16H16N2O3/c1-3-9-13(19)8-14(20)17-15(9)11-4-5-12-10(16(11)21)6-7-18(12)2/h4-8,21H,3H2,1-2H3,(H2,17,19,20). The van der Waals surface area contributed by atoms with Crippen molar-refractivity contribution in [1.82, 2.24) is 9.55 Å². The maximum Gasteiger partial charge on any atom is 0.252 e. The van der Waals surface area contributed by atoms with Crippen LogP contribution in [-0.4, -0.2) is 19.8 Å². The summed E-state index contributed by atoms with van der Waals surface area (Å²) in [5.74, 6) is 0.0489. The van der Waals surface area contributed by atoms with Crippen LogP contribution >= 0.6 is 0 Å². The van der Waals surface area contributed by atoms with Gasteiger partial charge in [-0.1, -0.05) is 6.92 Å². The monoisotopic (exact) mass is 284 g/mol. The Morgan fingerprint density at radius 3 is 2.71 bits per heavy atom. The Bertz CT molecular complexity index is 890. The van der Waals surface area contributed by atoms with Gasteiger partial charge in [0.2, 0.25) is 0 Å². The van der Waals surface area contributed by atoms with Crippen molar-refractivity contribution in [3.05, 3.63) is 46.4 Å². The van der Waals surface area contributed by atoms with Crippen LogP contribution in [0, 0.1) is 0 Å². The van der Waals surface area contributed by atoms with Crippen LogP contribution in [-0.2, 0) is 13.5 Å². The van der Waals surface area contributed by atoms with Crippen LogP contribution in [0.3, 0.4) is 0 Å². The number of fused-ring (bicyclic) bond motifs is 1. The maximum absolute atomic E-state index is 11.6. The van der Waals surface area contributed by atoms with Crippen molar-refractivity contribution in [3.8, 4) is 22.8 Å². The van der Waals surface area contributed by atoms with Gasteiger partial charge in [0.05, 0.1) is 11.2 Å². The van der Waals surface area contributed by atoms with E-state index in [1.54, 1.807) is 6.07 Å². The van der Waals surface area contributed by atoms with Gasteiger partial charge in [-0.05, 0) is 24.6 Å². The van der Waals surface area contributed by atoms with E-state index in [1.165, 1.54) is 0 Å². The summed E-state index contributed by atoms with van der Waals surface area (Å²) in [6, 6.07) is 6.61. The molecule has 108 valence electrons. The van der Waals surface area contributed by atoms with Crippen LogP contribution in [0.25, 0.3) is 22.2 Å². The number of aromatic nitrogens is 2. The summed E-state index contributed by atoms with van der Waals surface area (Å²) in [6.07, 6.45) is 2.41. The lowest BCUT2D eigenvalue weighted by Gasteiger charge is -2.12. The lowest BCUT2D eigenvalue weighted by Crippen LogP contribution is -2.08. The summed E-state index contributed by atoms with van der Waals surface area (Å²) in [5, 5.41) is 21.1. The van der Waals surface area contributed by atoms with Gasteiger partial charge in [-0.2, -0.15) is 0 Å². The SMILES string of the molecule is CCc1c(O)cc(=O)[nH]c1-c1ccc2c(ccn2C)c1O. The van der Waals surface area contributed by atoms with E-state index >= 15 is 0 Å². The molecule has 0 amide bonds. The average Bonchev–Trinajstić information content (AvgIpc) is 2.81. The van der Waals surface area contributed by atoms with Crippen molar-refractivity contribution in [2.45, 2.75) is 13.3 Å². The molecule has 0 aliphatic carbocycles. The van der Waals surface area contributed by atoms with Gasteiger partial charge in [0.1, 0.15) is 11.5 Å². The van der Waals surface area contributed by atoms with Crippen LogP contribution in [0.5, 0.6) is 11.5 Å². The highest BCUT2D eigenvalue weighted by Crippen LogP contribution is 2.38. The molecule has 5 nitrogen and oxygen atoms in total. The zero-order chi connectivity index (χ0) is 15.1. The van der Waals surface area contributed by atoms with Gasteiger partial charge in [-0.25, -0.2) is 0 Å². The molecule has 3 N–H and O–H groups in total. The first-order chi connectivity index (χ1) is 10.0. The number of phenols is 1. The predicted molar refractivity (Wildman–Crippen MR) is 81.7 cm³/mol. The largest absolute Gasteiger partial charge is 0.507 e. The number of hydrogen-bond donors (Lipinski definition) is 3. The minimum absolute atomic E-state index is 0.0520. The van der Waals surface area contributed by atoms with Gasteiger partial charge in [0.25, 0.3) is 5.56 Å². The van der Waals surface area contributed by atoms with Crippen LogP contribution in [0.1, 0.15) is 12.5 Å². The quantitative estimate of drug-likeness (QED) is 0.676. The molecule has 0 spiro atoms. The molecule has 0 unspecified atom stereocenters. The molecule has 5 heteroatoms. The van der Waals surface area contributed by atoms with Crippen molar-refractivity contribution >= 4 is 10.9 Å². The van der Waals surface area contributed by atoms with E-state index in [0.717, 1.165) is 11.6 Å². The maximum atomic E-state index is 11.6. The number of benzene rings is 1. The van der Waals surface area contributed by atoms with Gasteiger partial charge in [-0.15, -0.1) is 0 Å². The molecule has 1 aromatic carbocycles. The highest BCUT2D eigenvalue weighted by molar-refractivity contribution is 5.93. The lowest BCUT2D eigenvalue weighted by molar-refractivity contribution is 0.467. The third-order valence-corrected chi connectivity index (χ3v) is 3.79. The Morgan fingerprint density at radius 1 is 1.24 bits per heavy atom. The molecule has 0 atom stereocenters. The molecular weight excluding hydrogens is 268 g/mol. The molecular formula is C16H16N2O3. The number of hydrogen-bond acceptors (Lipinski definition) is 3. The number of nitrogens with zero attached hydrogens (tertiary/aromatic N) is 1. The summed E-state index contributed by atoms with van der Waals surface area (Å²) < 4.78 is 1.91. The third kappa shape index (κ3) is 1.98. The van der Waals surface area contributed by atoms with E-state index in [-0.39, 0.29) is 11.5 Å². The Kier molecular flexibility index (Phi) is 2.97. The summed E-state index contributed by atoms with van der Waals surface area (Å²) >= 11 is 0. The predicted octanol–water partition coefficient (Wildman–Crippen LogP) is 2.51. The second kappa shape index (κ2) is 4.70. The van der Waals surface area contributed by atoms with Crippen LogP contribution < -0.4 is 5.56 Å². The van der Waals surface area contributed by atoms with Crippen LogP contribution in [0.4, 0.5) is 0 Å². The van der Waals surface area contributed by atoms with Crippen LogP contribution in [0.2, 0.25) is 0 Å². The molecule has 0 saturated carbocycles. The molecule has 2 heterocycles. The van der Waals surface area contributed by atoms with E-state index < -0.39 is 5.56 Å². The zero-order valence-electron chi connectivity index (χ0n) is 11.8. The van der Waals surface area contributed by atoms with E-state index in [9.17, 15) is 15.0 Å². The second-order valence-electron chi connectivity index (χ2n) is 5.05. The average molecular weight is 284 g/mol. The topological polar surface area (TPSA) is 78.2 Å². The summed E-state index contributed by atoms with van der Waals surface area (Å²) in [6.45, 7) is 1.88. The molecule has 0 saturated heterocycles. The van der Waals surface area contributed by atoms with E-state index in [0.29, 0.717) is 28.6 Å². The van der Waals surface area contributed by atoms with Crippen molar-refractivity contribution < 1.29 is 10.2 Å². The highest BCUT2D eigenvalue weighted by atomic mass is 16.3. The number of pyridine rings is 1. The lowest BCUT2D eigenvalue weighted by atomic mass is 10.0. The Hall–Kier alpha value is -2.69. The molecule has 0 radical (unpaired) electrons. The first-order valence-corrected chi connectivity index (χ1v) is 6.75. The zero-order valence-corrected chi connectivity index (χ0v) is 11.8. The summed E-state index contributed by atoms with van der Waals surface area (Å²) in [4.78, 5) is 14.3. The second-order valence-corrected chi connectivity index (χ2v) is 5.05. The highest BCUT2D eigenvalue weighted by Gasteiger charge is 2.16. The molecule has 0 aliphatic rings. The number of aryl methyl sites for hydroxylation is 1. The van der Waals surface area contributed by atoms with Crippen molar-refractivity contribution in [1.29, 1.82) is 0 Å². The number of aromatic amines is 1. The fourth-order valence-electron chi connectivity index (χ4n) is 2.70. The first-order valence-electron chi connectivity index (χ1n) is 6.75. The molecule has 2 aromatic heterocycles. The molecule has 21 heavy (non-hydrogen) atoms. The van der Waals surface area contributed by atoms with Gasteiger partial charge in [0, 0.05) is 35.8 Å². The normalized spacial score (nSPS) is 11.1. The van der Waals surface area contributed by atoms with Crippen molar-refractivity contribution in [2.75, 3.05) is 0 Å². The minimum atomic E-state index is -0.396. The van der Waals surface area contributed by atoms with Crippen LogP contribution in [0.15, 0.2) is 35.3 Å². The van der Waals surface area contributed by atoms with E-state index in [1.807, 2.05) is 36.9 Å². The molecule has 0 bridgehead atoms. The number of aromatic hydroxyl groups is 2. The van der Waals surface area contributed by atoms with E-state index in [4.69, 9.17) is 0 Å². The fraction of sp³-hybridized carbons (Fsp3) is 0.188. The first kappa shape index (κ1) is 13.3. The van der Waals surface area contributed by atoms with Gasteiger partial charge in [-0.3, -0.25) is 4.79 Å². The number of rotatable bonds is 2. The summed E-state index contributed by atoms with van der Waals surface area (Å²) in [7, 11) is 1.90. The Balaban J connectivity index is 2.35. The van der Waals surface area contributed by atoms with Gasteiger partial charge < -0.3 is 19.8 Å². The smallest absolute Gasteiger partial charge is 0.252 e. The van der Waals surface area contributed by atoms with Gasteiger partial charge >= 0.3 is 0 Å². The van der Waals surface area contributed by atoms with Crippen molar-refractivity contribution in [3.63, 3.8) is 0 Å². The Labute approximate surface area is 121 Å². The third-order valence-electron chi connectivity index (χ3n) is 3.79. The number of H-pyrrole nitrogens is 1. The fourth-order valence-corrected chi connectivity index (χ4v) is 2.70. The number of nitrogens with one attached hydrogen (secondary N) is 1. The van der Waals surface area contributed by atoms with Crippen molar-refractivity contribution in [2.24, 2.45) is 7.05 Å².